The molecule has 1 aliphatic rings. The van der Waals surface area contributed by atoms with Gasteiger partial charge in [-0.1, -0.05) is 0 Å². The van der Waals surface area contributed by atoms with Crippen molar-refractivity contribution < 1.29 is 4.42 Å². The molecule has 1 aliphatic heterocycles. The van der Waals surface area contributed by atoms with Crippen molar-refractivity contribution in [2.75, 3.05) is 19.3 Å². The van der Waals surface area contributed by atoms with E-state index in [-0.39, 0.29) is 24.0 Å². The number of hydrogen-bond donors (Lipinski definition) is 3. The lowest BCUT2D eigenvalue weighted by Gasteiger charge is -2.24. The van der Waals surface area contributed by atoms with E-state index in [1.807, 2.05) is 23.9 Å². The highest BCUT2D eigenvalue weighted by molar-refractivity contribution is 14.0. The minimum absolute atomic E-state index is 0. The summed E-state index contributed by atoms with van der Waals surface area (Å²) in [6.45, 7) is 3.74. The van der Waals surface area contributed by atoms with Crippen LogP contribution in [0.2, 0.25) is 0 Å². The van der Waals surface area contributed by atoms with Gasteiger partial charge in [0.1, 0.15) is 5.82 Å². The second-order valence-electron chi connectivity index (χ2n) is 5.76. The van der Waals surface area contributed by atoms with Crippen LogP contribution in [0.5, 0.6) is 0 Å². The second kappa shape index (κ2) is 8.75. The monoisotopic (exact) mass is 462 g/mol. The van der Waals surface area contributed by atoms with Gasteiger partial charge < -0.3 is 15.1 Å². The number of H-pyrrole nitrogens is 1. The number of aromatic nitrogens is 3. The topological polar surface area (TPSA) is 91.1 Å². The lowest BCUT2D eigenvalue weighted by Crippen LogP contribution is -2.43. The summed E-state index contributed by atoms with van der Waals surface area (Å²) in [5, 5.41) is 13.7. The van der Waals surface area contributed by atoms with E-state index < -0.39 is 0 Å². The first-order chi connectivity index (χ1) is 11.2. The van der Waals surface area contributed by atoms with Crippen LogP contribution >= 0.6 is 35.7 Å². The molecule has 3 rings (SSSR count). The number of nitrogens with zero attached hydrogens (tertiary/aromatic N) is 3. The van der Waals surface area contributed by atoms with E-state index in [1.54, 1.807) is 13.3 Å². The molecule has 1 saturated heterocycles. The maximum absolute atomic E-state index is 5.28. The first-order valence-electron chi connectivity index (χ1n) is 7.72. The number of nitrogens with one attached hydrogen (secondary N) is 3. The summed E-state index contributed by atoms with van der Waals surface area (Å²) in [4.78, 5) is 8.66. The smallest absolute Gasteiger partial charge is 0.216 e. The third kappa shape index (κ3) is 4.88. The summed E-state index contributed by atoms with van der Waals surface area (Å²) in [6, 6.07) is 3.65. The van der Waals surface area contributed by atoms with E-state index in [2.05, 4.69) is 37.7 Å². The Morgan fingerprint density at radius 1 is 1.50 bits per heavy atom. The number of guanidine groups is 1. The molecule has 0 saturated carbocycles. The molecule has 0 spiro atoms. The SMILES string of the molecule is CN=C(NCc1nc(-c2ccco2)n[nH]1)NCC1(C)CCCS1.I. The van der Waals surface area contributed by atoms with Gasteiger partial charge in [-0.2, -0.15) is 11.8 Å². The van der Waals surface area contributed by atoms with E-state index in [4.69, 9.17) is 4.42 Å². The van der Waals surface area contributed by atoms with Gasteiger partial charge in [0.05, 0.1) is 12.8 Å². The van der Waals surface area contributed by atoms with E-state index in [9.17, 15) is 0 Å². The molecule has 132 valence electrons. The lowest BCUT2D eigenvalue weighted by atomic mass is 10.1. The number of aliphatic imine (C=N–C) groups is 1. The van der Waals surface area contributed by atoms with Gasteiger partial charge in [-0.15, -0.1) is 29.1 Å². The van der Waals surface area contributed by atoms with Crippen molar-refractivity contribution in [2.45, 2.75) is 31.1 Å². The highest BCUT2D eigenvalue weighted by Gasteiger charge is 2.29. The molecule has 1 unspecified atom stereocenters. The van der Waals surface area contributed by atoms with Crippen LogP contribution in [0.3, 0.4) is 0 Å². The van der Waals surface area contributed by atoms with E-state index >= 15 is 0 Å². The molecule has 7 nitrogen and oxygen atoms in total. The highest BCUT2D eigenvalue weighted by atomic mass is 127. The van der Waals surface area contributed by atoms with E-state index in [0.717, 1.165) is 18.3 Å². The molecule has 3 N–H and O–H groups in total. The Kier molecular flexibility index (Phi) is 6.96. The molecule has 0 bridgehead atoms. The van der Waals surface area contributed by atoms with Gasteiger partial charge in [-0.25, -0.2) is 4.98 Å². The predicted molar refractivity (Wildman–Crippen MR) is 108 cm³/mol. The van der Waals surface area contributed by atoms with Gasteiger partial charge in [0.2, 0.25) is 5.82 Å². The Hall–Kier alpha value is -1.23. The Bertz CT molecular complexity index is 651. The molecular weight excluding hydrogens is 439 g/mol. The first kappa shape index (κ1) is 19.1. The molecule has 0 radical (unpaired) electrons. The summed E-state index contributed by atoms with van der Waals surface area (Å²) >= 11 is 2.03. The summed E-state index contributed by atoms with van der Waals surface area (Å²) in [5.74, 6) is 3.97. The minimum Gasteiger partial charge on any atom is -0.461 e. The van der Waals surface area contributed by atoms with E-state index in [0.29, 0.717) is 22.9 Å². The standard InChI is InChI=1S/C15H22N6OS.HI/c1-15(6-4-8-23-15)10-18-14(16-2)17-9-12-19-13(21-20-12)11-5-3-7-22-11;/h3,5,7H,4,6,8-10H2,1-2H3,(H2,16,17,18)(H,19,20,21);1H. The van der Waals surface area contributed by atoms with Crippen LogP contribution in [-0.4, -0.2) is 45.2 Å². The zero-order valence-corrected chi connectivity index (χ0v) is 17.0. The van der Waals surface area contributed by atoms with Crippen LogP contribution in [0.4, 0.5) is 0 Å². The highest BCUT2D eigenvalue weighted by Crippen LogP contribution is 2.36. The molecule has 2 aromatic heterocycles. The Balaban J connectivity index is 0.00000208. The largest absolute Gasteiger partial charge is 0.461 e. The average molecular weight is 462 g/mol. The Morgan fingerprint density at radius 3 is 3.04 bits per heavy atom. The van der Waals surface area contributed by atoms with Crippen molar-refractivity contribution >= 4 is 41.7 Å². The van der Waals surface area contributed by atoms with Crippen molar-refractivity contribution in [1.82, 2.24) is 25.8 Å². The van der Waals surface area contributed by atoms with Gasteiger partial charge in [0, 0.05) is 18.3 Å². The fourth-order valence-corrected chi connectivity index (χ4v) is 3.77. The zero-order valence-electron chi connectivity index (χ0n) is 13.8. The number of hydrogen-bond acceptors (Lipinski definition) is 5. The average Bonchev–Trinajstić information content (AvgIpc) is 3.29. The minimum atomic E-state index is 0. The number of furan rings is 1. The fraction of sp³-hybridized carbons (Fsp3) is 0.533. The third-order valence-corrected chi connectivity index (χ3v) is 5.39. The summed E-state index contributed by atoms with van der Waals surface area (Å²) in [7, 11) is 1.77. The zero-order chi connectivity index (χ0) is 16.1. The third-order valence-electron chi connectivity index (χ3n) is 3.85. The molecule has 0 amide bonds. The van der Waals surface area contributed by atoms with Crippen LogP contribution in [0, 0.1) is 0 Å². The summed E-state index contributed by atoms with van der Waals surface area (Å²) in [6.07, 6.45) is 4.15. The quantitative estimate of drug-likeness (QED) is 0.360. The van der Waals surface area contributed by atoms with Gasteiger partial charge in [0.25, 0.3) is 0 Å². The predicted octanol–water partition coefficient (Wildman–Crippen LogP) is 2.63. The summed E-state index contributed by atoms with van der Waals surface area (Å²) < 4.78 is 5.58. The number of thioether (sulfide) groups is 1. The van der Waals surface area contributed by atoms with Crippen molar-refractivity contribution in [2.24, 2.45) is 4.99 Å². The van der Waals surface area contributed by atoms with Gasteiger partial charge in [0.15, 0.2) is 11.7 Å². The Labute approximate surface area is 162 Å². The van der Waals surface area contributed by atoms with Crippen LogP contribution < -0.4 is 10.6 Å². The molecule has 3 heterocycles. The van der Waals surface area contributed by atoms with Crippen molar-refractivity contribution in [1.29, 1.82) is 0 Å². The number of rotatable bonds is 5. The van der Waals surface area contributed by atoms with Gasteiger partial charge in [-0.05, 0) is 37.7 Å². The maximum Gasteiger partial charge on any atom is 0.216 e. The van der Waals surface area contributed by atoms with Gasteiger partial charge in [-0.3, -0.25) is 10.1 Å². The molecule has 9 heteroatoms. The van der Waals surface area contributed by atoms with Crippen LogP contribution in [0.15, 0.2) is 27.8 Å². The second-order valence-corrected chi connectivity index (χ2v) is 7.45. The van der Waals surface area contributed by atoms with Crippen molar-refractivity contribution in [3.05, 3.63) is 24.2 Å². The molecule has 1 fully saturated rings. The number of halogens is 1. The van der Waals surface area contributed by atoms with Crippen LogP contribution in [-0.2, 0) is 6.54 Å². The van der Waals surface area contributed by atoms with Crippen molar-refractivity contribution in [3.63, 3.8) is 0 Å². The lowest BCUT2D eigenvalue weighted by molar-refractivity contribution is 0.577. The van der Waals surface area contributed by atoms with Crippen LogP contribution in [0.1, 0.15) is 25.6 Å². The normalized spacial score (nSPS) is 20.7. The molecule has 2 aromatic rings. The number of aromatic amines is 1. The van der Waals surface area contributed by atoms with Gasteiger partial charge >= 0.3 is 0 Å². The van der Waals surface area contributed by atoms with Crippen LogP contribution in [0.25, 0.3) is 11.6 Å². The fourth-order valence-electron chi connectivity index (χ4n) is 2.53. The molecule has 0 aliphatic carbocycles. The summed E-state index contributed by atoms with van der Waals surface area (Å²) in [5.41, 5.74) is 0. The molecule has 24 heavy (non-hydrogen) atoms. The van der Waals surface area contributed by atoms with E-state index in [1.165, 1.54) is 18.6 Å². The molecular formula is C15H23IN6OS. The first-order valence-corrected chi connectivity index (χ1v) is 8.71. The van der Waals surface area contributed by atoms with Crippen molar-refractivity contribution in [3.8, 4) is 11.6 Å². The molecule has 0 aromatic carbocycles. The Morgan fingerprint density at radius 2 is 2.38 bits per heavy atom. The molecule has 1 atom stereocenters. The maximum atomic E-state index is 5.28.